The second-order valence-electron chi connectivity index (χ2n) is 8.18. The first kappa shape index (κ1) is 18.9. The van der Waals surface area contributed by atoms with Gasteiger partial charge in [0.05, 0.1) is 21.3 Å². The van der Waals surface area contributed by atoms with Crippen LogP contribution >= 0.6 is 11.3 Å². The van der Waals surface area contributed by atoms with Crippen LogP contribution in [0, 0.1) is 5.41 Å². The number of amides is 1. The van der Waals surface area contributed by atoms with Crippen molar-refractivity contribution < 1.29 is 9.53 Å². The minimum Gasteiger partial charge on any atom is -0.381 e. The van der Waals surface area contributed by atoms with E-state index in [1.165, 1.54) is 29.0 Å². The molecule has 4 nitrogen and oxygen atoms in total. The summed E-state index contributed by atoms with van der Waals surface area (Å²) in [5.74, 6) is 0.333. The van der Waals surface area contributed by atoms with Gasteiger partial charge in [0, 0.05) is 32.0 Å². The summed E-state index contributed by atoms with van der Waals surface area (Å²) in [6.45, 7) is 1.83. The molecule has 1 amide bonds. The van der Waals surface area contributed by atoms with Crippen LogP contribution in [0.25, 0.3) is 10.2 Å². The fourth-order valence-electron chi connectivity index (χ4n) is 5.05. The number of para-hydroxylation sites is 1. The summed E-state index contributed by atoms with van der Waals surface area (Å²) < 4.78 is 7.02. The summed E-state index contributed by atoms with van der Waals surface area (Å²) in [6.07, 6.45) is 9.91. The molecule has 1 aliphatic heterocycles. The number of rotatable bonds is 6. The van der Waals surface area contributed by atoms with Gasteiger partial charge in [-0.1, -0.05) is 18.6 Å². The Hall–Kier alpha value is -1.46. The van der Waals surface area contributed by atoms with E-state index in [0.717, 1.165) is 50.7 Å². The highest BCUT2D eigenvalue weighted by Gasteiger charge is 2.46. The van der Waals surface area contributed by atoms with Crippen LogP contribution in [0.5, 0.6) is 0 Å². The molecule has 1 saturated heterocycles. The van der Waals surface area contributed by atoms with Crippen molar-refractivity contribution in [3.05, 3.63) is 29.3 Å². The van der Waals surface area contributed by atoms with E-state index in [1.807, 2.05) is 13.2 Å². The molecule has 0 unspecified atom stereocenters. The van der Waals surface area contributed by atoms with Crippen molar-refractivity contribution in [1.82, 2.24) is 9.88 Å². The third-order valence-corrected chi connectivity index (χ3v) is 7.54. The molecule has 2 atom stereocenters. The zero-order valence-corrected chi connectivity index (χ0v) is 17.1. The number of benzene rings is 1. The van der Waals surface area contributed by atoms with Crippen molar-refractivity contribution in [2.75, 3.05) is 20.2 Å². The lowest BCUT2D eigenvalue weighted by Gasteiger charge is -2.43. The maximum Gasteiger partial charge on any atom is 0.222 e. The molecule has 1 spiro atoms. The summed E-state index contributed by atoms with van der Waals surface area (Å²) in [5.41, 5.74) is 1.32. The number of nitrogens with zero attached hydrogens (tertiary/aromatic N) is 2. The zero-order valence-electron chi connectivity index (χ0n) is 16.3. The van der Waals surface area contributed by atoms with E-state index in [9.17, 15) is 4.79 Å². The van der Waals surface area contributed by atoms with Gasteiger partial charge in [0.1, 0.15) is 0 Å². The Morgan fingerprint density at radius 1 is 1.30 bits per heavy atom. The molecule has 146 valence electrons. The monoisotopic (exact) mass is 386 g/mol. The predicted molar refractivity (Wildman–Crippen MR) is 110 cm³/mol. The van der Waals surface area contributed by atoms with E-state index in [-0.39, 0.29) is 5.41 Å². The summed E-state index contributed by atoms with van der Waals surface area (Å²) in [5, 5.41) is 1.19. The maximum atomic E-state index is 12.8. The highest BCUT2D eigenvalue weighted by Crippen LogP contribution is 2.46. The summed E-state index contributed by atoms with van der Waals surface area (Å²) in [4.78, 5) is 19.6. The van der Waals surface area contributed by atoms with Crippen molar-refractivity contribution in [3.8, 4) is 0 Å². The van der Waals surface area contributed by atoms with Gasteiger partial charge in [-0.25, -0.2) is 4.98 Å². The predicted octanol–water partition coefficient (Wildman–Crippen LogP) is 4.82. The van der Waals surface area contributed by atoms with E-state index in [0.29, 0.717) is 18.4 Å². The van der Waals surface area contributed by atoms with Crippen LogP contribution in [0.2, 0.25) is 0 Å². The molecule has 0 bridgehead atoms. The number of carbonyl (C=O) groups excluding carboxylic acids is 1. The quantitative estimate of drug-likeness (QED) is 0.669. The third kappa shape index (κ3) is 4.04. The molecule has 5 heteroatoms. The normalized spacial score (nSPS) is 25.5. The van der Waals surface area contributed by atoms with Crippen LogP contribution in [-0.2, 0) is 16.0 Å². The van der Waals surface area contributed by atoms with Crippen LogP contribution in [0.15, 0.2) is 24.3 Å². The number of piperidine rings is 1. The molecule has 0 N–H and O–H groups in total. The average molecular weight is 387 g/mol. The number of carbonyl (C=O) groups is 1. The Bertz CT molecular complexity index is 756. The number of thiazole rings is 1. The van der Waals surface area contributed by atoms with Crippen LogP contribution in [0.1, 0.15) is 56.4 Å². The van der Waals surface area contributed by atoms with Crippen LogP contribution < -0.4 is 0 Å². The first-order chi connectivity index (χ1) is 13.2. The molecule has 0 radical (unpaired) electrons. The first-order valence-corrected chi connectivity index (χ1v) is 11.2. The number of hydrogen-bond donors (Lipinski definition) is 0. The average Bonchev–Trinajstić information content (AvgIpc) is 3.28. The topological polar surface area (TPSA) is 42.4 Å². The molecule has 2 heterocycles. The Morgan fingerprint density at radius 2 is 2.15 bits per heavy atom. The number of ether oxygens (including phenoxy) is 1. The second-order valence-corrected chi connectivity index (χ2v) is 9.30. The molecule has 4 rings (SSSR count). The van der Waals surface area contributed by atoms with Crippen molar-refractivity contribution in [1.29, 1.82) is 0 Å². The number of aromatic nitrogens is 1. The molecular formula is C22H30N2O2S. The highest BCUT2D eigenvalue weighted by molar-refractivity contribution is 7.18. The Balaban J connectivity index is 1.25. The molecular weight excluding hydrogens is 356 g/mol. The fraction of sp³-hybridized carbons (Fsp3) is 0.636. The summed E-state index contributed by atoms with van der Waals surface area (Å²) in [6, 6.07) is 8.30. The lowest BCUT2D eigenvalue weighted by Crippen LogP contribution is -2.49. The van der Waals surface area contributed by atoms with Crippen LogP contribution in [0.4, 0.5) is 0 Å². The fourth-order valence-corrected chi connectivity index (χ4v) is 6.06. The van der Waals surface area contributed by atoms with E-state index in [1.54, 1.807) is 11.3 Å². The Kier molecular flexibility index (Phi) is 5.79. The zero-order chi connectivity index (χ0) is 18.7. The van der Waals surface area contributed by atoms with Gasteiger partial charge in [0.15, 0.2) is 0 Å². The van der Waals surface area contributed by atoms with E-state index in [2.05, 4.69) is 23.1 Å². The number of fused-ring (bicyclic) bond motifs is 1. The third-order valence-electron chi connectivity index (χ3n) is 6.44. The molecule has 2 aliphatic rings. The van der Waals surface area contributed by atoms with Crippen LogP contribution in [0.3, 0.4) is 0 Å². The molecule has 1 aromatic carbocycles. The first-order valence-electron chi connectivity index (χ1n) is 10.4. The van der Waals surface area contributed by atoms with E-state index in [4.69, 9.17) is 9.72 Å². The molecule has 1 aliphatic carbocycles. The van der Waals surface area contributed by atoms with Gasteiger partial charge in [-0.05, 0) is 57.1 Å². The van der Waals surface area contributed by atoms with Gasteiger partial charge in [-0.3, -0.25) is 4.79 Å². The van der Waals surface area contributed by atoms with E-state index < -0.39 is 0 Å². The number of likely N-dealkylation sites (tertiary alicyclic amines) is 1. The molecule has 2 fully saturated rings. The lowest BCUT2D eigenvalue weighted by atomic mass is 9.76. The van der Waals surface area contributed by atoms with Crippen molar-refractivity contribution in [3.63, 3.8) is 0 Å². The van der Waals surface area contributed by atoms with Crippen molar-refractivity contribution >= 4 is 27.5 Å². The number of methoxy groups -OCH3 is 1. The van der Waals surface area contributed by atoms with E-state index >= 15 is 0 Å². The highest BCUT2D eigenvalue weighted by atomic mass is 32.1. The number of unbranched alkanes of at least 4 members (excludes halogenated alkanes) is 1. The van der Waals surface area contributed by atoms with Gasteiger partial charge >= 0.3 is 0 Å². The standard InChI is InChI=1S/C22H30N2O2S/c1-26-19-10-6-13-22(19)14-7-15-24(16-22)21(25)12-5-4-11-20-23-17-8-2-3-9-18(17)27-20/h2-3,8-9,19H,4-7,10-16H2,1H3/t19-,22+/m1/s1. The van der Waals surface area contributed by atoms with Gasteiger partial charge in [-0.15, -0.1) is 11.3 Å². The lowest BCUT2D eigenvalue weighted by molar-refractivity contribution is -0.137. The number of hydrogen-bond acceptors (Lipinski definition) is 4. The molecule has 2 aromatic rings. The van der Waals surface area contributed by atoms with Gasteiger partial charge in [0.2, 0.25) is 5.91 Å². The van der Waals surface area contributed by atoms with Crippen LogP contribution in [-0.4, -0.2) is 42.1 Å². The maximum absolute atomic E-state index is 12.8. The Morgan fingerprint density at radius 3 is 3.00 bits per heavy atom. The van der Waals surface area contributed by atoms with Gasteiger partial charge in [0.25, 0.3) is 0 Å². The van der Waals surface area contributed by atoms with Crippen molar-refractivity contribution in [2.45, 2.75) is 63.9 Å². The summed E-state index contributed by atoms with van der Waals surface area (Å²) >= 11 is 1.78. The SMILES string of the molecule is CO[C@@H]1CCC[C@@]12CCCN(C(=O)CCCCc1nc3ccccc3s1)C2. The van der Waals surface area contributed by atoms with Gasteiger partial charge < -0.3 is 9.64 Å². The second kappa shape index (κ2) is 8.27. The molecule has 1 aromatic heterocycles. The van der Waals surface area contributed by atoms with Gasteiger partial charge in [-0.2, -0.15) is 0 Å². The minimum absolute atomic E-state index is 0.226. The molecule has 1 saturated carbocycles. The van der Waals surface area contributed by atoms with Crippen molar-refractivity contribution in [2.24, 2.45) is 5.41 Å². The summed E-state index contributed by atoms with van der Waals surface area (Å²) in [7, 11) is 1.83. The minimum atomic E-state index is 0.226. The Labute approximate surface area is 165 Å². The molecule has 27 heavy (non-hydrogen) atoms. The smallest absolute Gasteiger partial charge is 0.222 e. The largest absolute Gasteiger partial charge is 0.381 e. The number of aryl methyl sites for hydroxylation is 1.